The maximum Gasteiger partial charge on any atom is 0.261 e. The van der Waals surface area contributed by atoms with Crippen LogP contribution in [0.3, 0.4) is 0 Å². The largest absolute Gasteiger partial charge is 0.315 e. The molecule has 2 aliphatic rings. The molecule has 0 saturated carbocycles. The maximum absolute atomic E-state index is 12.7. The first-order chi connectivity index (χ1) is 11.8. The third kappa shape index (κ3) is 3.65. The summed E-state index contributed by atoms with van der Waals surface area (Å²) in [6, 6.07) is 4.85. The minimum atomic E-state index is -3.70. The smallest absolute Gasteiger partial charge is 0.261 e. The van der Waals surface area contributed by atoms with Gasteiger partial charge >= 0.3 is 0 Å². The lowest BCUT2D eigenvalue weighted by molar-refractivity contribution is -0.118. The Morgan fingerprint density at radius 3 is 2.72 bits per heavy atom. The molecule has 7 heteroatoms. The fraction of sp³-hybridized carbons (Fsp3) is 0.278. The first kappa shape index (κ1) is 17.8. The van der Waals surface area contributed by atoms with E-state index in [1.165, 1.54) is 6.07 Å². The summed E-state index contributed by atoms with van der Waals surface area (Å²) >= 11 is 6.07. The highest BCUT2D eigenvalue weighted by Crippen LogP contribution is 2.29. The van der Waals surface area contributed by atoms with E-state index >= 15 is 0 Å². The lowest BCUT2D eigenvalue weighted by Gasteiger charge is -2.26. The second-order valence-electron chi connectivity index (χ2n) is 6.15. The molecular formula is C18H19ClN2O3S. The molecule has 1 N–H and O–H groups in total. The van der Waals surface area contributed by atoms with Gasteiger partial charge in [0.1, 0.15) is 0 Å². The van der Waals surface area contributed by atoms with E-state index in [1.54, 1.807) is 36.2 Å². The van der Waals surface area contributed by atoms with Crippen LogP contribution in [0.1, 0.15) is 25.3 Å². The Labute approximate surface area is 152 Å². The van der Waals surface area contributed by atoms with Crippen molar-refractivity contribution in [1.29, 1.82) is 0 Å². The Kier molecular flexibility index (Phi) is 4.75. The van der Waals surface area contributed by atoms with Crippen LogP contribution in [0.15, 0.2) is 57.6 Å². The van der Waals surface area contributed by atoms with E-state index in [9.17, 15) is 13.2 Å². The quantitative estimate of drug-likeness (QED) is 0.878. The third-order valence-electron chi connectivity index (χ3n) is 4.41. The zero-order chi connectivity index (χ0) is 18.2. The number of carbonyl (C=O) groups excluding carboxylic acids is 1. The molecule has 1 amide bonds. The van der Waals surface area contributed by atoms with Crippen LogP contribution in [0.2, 0.25) is 0 Å². The highest BCUT2D eigenvalue weighted by molar-refractivity contribution is 7.89. The number of nitrogens with zero attached hydrogens (tertiary/aromatic N) is 1. The molecule has 0 atom stereocenters. The summed E-state index contributed by atoms with van der Waals surface area (Å²) in [6.07, 6.45) is 6.64. The van der Waals surface area contributed by atoms with E-state index in [4.69, 9.17) is 11.6 Å². The average molecular weight is 379 g/mol. The number of hydrogen-bond donors (Lipinski definition) is 1. The van der Waals surface area contributed by atoms with E-state index in [2.05, 4.69) is 4.72 Å². The lowest BCUT2D eigenvalue weighted by atomic mass is 10.0. The van der Waals surface area contributed by atoms with Crippen molar-refractivity contribution in [2.75, 3.05) is 11.9 Å². The molecule has 5 nitrogen and oxygen atoms in total. The zero-order valence-electron chi connectivity index (χ0n) is 14.0. The molecule has 1 aliphatic carbocycles. The van der Waals surface area contributed by atoms with Gasteiger partial charge in [0.15, 0.2) is 0 Å². The molecule has 0 fully saturated rings. The van der Waals surface area contributed by atoms with Crippen LogP contribution in [-0.2, 0) is 21.2 Å². The molecule has 25 heavy (non-hydrogen) atoms. The van der Waals surface area contributed by atoms with Gasteiger partial charge in [-0.25, -0.2) is 8.42 Å². The SMILES string of the molecule is CC1=CCC(NS(=O)(=O)c2ccc3c(c2)CCC(=O)N3C)=CC=C1Cl. The summed E-state index contributed by atoms with van der Waals surface area (Å²) in [7, 11) is -2.00. The van der Waals surface area contributed by atoms with Crippen molar-refractivity contribution in [1.82, 2.24) is 4.72 Å². The van der Waals surface area contributed by atoms with Crippen LogP contribution in [0.4, 0.5) is 5.69 Å². The molecule has 3 rings (SSSR count). The van der Waals surface area contributed by atoms with Crippen molar-refractivity contribution >= 4 is 33.2 Å². The van der Waals surface area contributed by atoms with Crippen LogP contribution in [0, 0.1) is 0 Å². The van der Waals surface area contributed by atoms with Crippen LogP contribution in [-0.4, -0.2) is 21.4 Å². The second-order valence-corrected chi connectivity index (χ2v) is 8.24. The molecule has 1 heterocycles. The van der Waals surface area contributed by atoms with Crippen LogP contribution >= 0.6 is 11.6 Å². The van der Waals surface area contributed by atoms with Gasteiger partial charge in [-0.05, 0) is 54.8 Å². The highest BCUT2D eigenvalue weighted by atomic mass is 35.5. The fourth-order valence-electron chi connectivity index (χ4n) is 2.84. The van der Waals surface area contributed by atoms with Gasteiger partial charge in [0.25, 0.3) is 10.0 Å². The number of amides is 1. The molecule has 0 spiro atoms. The minimum absolute atomic E-state index is 0.0377. The van der Waals surface area contributed by atoms with E-state index in [0.717, 1.165) is 16.8 Å². The Hall–Kier alpha value is -2.05. The number of fused-ring (bicyclic) bond motifs is 1. The summed E-state index contributed by atoms with van der Waals surface area (Å²) in [6.45, 7) is 1.88. The Balaban J connectivity index is 1.88. The second kappa shape index (κ2) is 6.69. The van der Waals surface area contributed by atoms with Gasteiger partial charge in [-0.3, -0.25) is 9.52 Å². The number of allylic oxidation sites excluding steroid dienone is 5. The third-order valence-corrected chi connectivity index (χ3v) is 6.24. The summed E-state index contributed by atoms with van der Waals surface area (Å²) in [5.41, 5.74) is 3.09. The number of carbonyl (C=O) groups is 1. The van der Waals surface area contributed by atoms with Crippen LogP contribution < -0.4 is 9.62 Å². The van der Waals surface area contributed by atoms with Gasteiger partial charge in [0, 0.05) is 36.3 Å². The predicted octanol–water partition coefficient (Wildman–Crippen LogP) is 3.23. The number of aryl methyl sites for hydroxylation is 1. The van der Waals surface area contributed by atoms with Gasteiger partial charge in [-0.2, -0.15) is 0 Å². The fourth-order valence-corrected chi connectivity index (χ4v) is 4.14. The molecule has 0 saturated heterocycles. The molecule has 1 aliphatic heterocycles. The van der Waals surface area contributed by atoms with Crippen molar-refractivity contribution in [3.8, 4) is 0 Å². The number of hydrogen-bond acceptors (Lipinski definition) is 3. The van der Waals surface area contributed by atoms with Gasteiger partial charge in [0.2, 0.25) is 5.91 Å². The van der Waals surface area contributed by atoms with Crippen molar-refractivity contribution < 1.29 is 13.2 Å². The van der Waals surface area contributed by atoms with Crippen LogP contribution in [0.25, 0.3) is 0 Å². The first-order valence-corrected chi connectivity index (χ1v) is 9.80. The lowest BCUT2D eigenvalue weighted by Crippen LogP contribution is -2.31. The molecule has 0 radical (unpaired) electrons. The number of rotatable bonds is 3. The van der Waals surface area contributed by atoms with Gasteiger partial charge in [0.05, 0.1) is 4.90 Å². The highest BCUT2D eigenvalue weighted by Gasteiger charge is 2.24. The molecule has 0 bridgehead atoms. The van der Waals surface area contributed by atoms with Crippen molar-refractivity contribution in [2.45, 2.75) is 31.1 Å². The summed E-state index contributed by atoms with van der Waals surface area (Å²) in [5.74, 6) is 0.0377. The monoisotopic (exact) mass is 378 g/mol. The average Bonchev–Trinajstić information content (AvgIpc) is 2.73. The van der Waals surface area contributed by atoms with Crippen molar-refractivity contribution in [3.63, 3.8) is 0 Å². The zero-order valence-corrected chi connectivity index (χ0v) is 15.6. The van der Waals surface area contributed by atoms with Gasteiger partial charge < -0.3 is 4.90 Å². The van der Waals surface area contributed by atoms with Gasteiger partial charge in [-0.15, -0.1) is 0 Å². The minimum Gasteiger partial charge on any atom is -0.315 e. The molecule has 0 unspecified atom stereocenters. The maximum atomic E-state index is 12.7. The van der Waals surface area contributed by atoms with E-state index in [-0.39, 0.29) is 10.8 Å². The normalized spacial score (nSPS) is 18.0. The number of nitrogens with one attached hydrogen (secondary N) is 1. The number of sulfonamides is 1. The number of anilines is 1. The van der Waals surface area contributed by atoms with E-state index in [1.807, 2.05) is 13.0 Å². The molecule has 132 valence electrons. The predicted molar refractivity (Wildman–Crippen MR) is 98.9 cm³/mol. The van der Waals surface area contributed by atoms with Gasteiger partial charge in [-0.1, -0.05) is 17.7 Å². The standard InChI is InChI=1S/C18H19ClN2O3S/c1-12-3-5-14(6-8-16(12)19)20-25(23,24)15-7-9-17-13(11-15)4-10-18(22)21(17)2/h3,6-9,11,20H,4-5,10H2,1-2H3. The summed E-state index contributed by atoms with van der Waals surface area (Å²) < 4.78 is 28.0. The summed E-state index contributed by atoms with van der Waals surface area (Å²) in [4.78, 5) is 13.5. The topological polar surface area (TPSA) is 66.5 Å². The Bertz CT molecular complexity index is 930. The molecular weight excluding hydrogens is 360 g/mol. The van der Waals surface area contributed by atoms with Crippen molar-refractivity contribution in [3.05, 3.63) is 58.3 Å². The van der Waals surface area contributed by atoms with E-state index in [0.29, 0.717) is 30.0 Å². The Morgan fingerprint density at radius 2 is 1.96 bits per heavy atom. The van der Waals surface area contributed by atoms with Crippen LogP contribution in [0.5, 0.6) is 0 Å². The van der Waals surface area contributed by atoms with Crippen molar-refractivity contribution in [2.24, 2.45) is 0 Å². The number of benzene rings is 1. The molecule has 0 aromatic heterocycles. The number of halogens is 1. The molecule has 1 aromatic carbocycles. The first-order valence-electron chi connectivity index (χ1n) is 7.94. The summed E-state index contributed by atoms with van der Waals surface area (Å²) in [5, 5.41) is 0.593. The van der Waals surface area contributed by atoms with E-state index < -0.39 is 10.0 Å². The Morgan fingerprint density at radius 1 is 1.20 bits per heavy atom. The molecule has 1 aromatic rings.